The molecule has 2 heteroatoms. The lowest BCUT2D eigenvalue weighted by atomic mass is 9.80. The molecule has 0 aromatic rings. The van der Waals surface area contributed by atoms with Gasteiger partial charge in [0.25, 0.3) is 0 Å². The third-order valence-electron chi connectivity index (χ3n) is 2.71. The highest BCUT2D eigenvalue weighted by Gasteiger charge is 2.24. The van der Waals surface area contributed by atoms with Crippen LogP contribution in [-0.2, 0) is 4.79 Å². The number of hydrogen-bond acceptors (Lipinski definition) is 2. The van der Waals surface area contributed by atoms with Gasteiger partial charge in [0.15, 0.2) is 0 Å². The average Bonchev–Trinajstić information content (AvgIpc) is 2.17. The second-order valence-electron chi connectivity index (χ2n) is 3.50. The van der Waals surface area contributed by atoms with E-state index in [9.17, 15) is 4.79 Å². The van der Waals surface area contributed by atoms with E-state index in [1.54, 1.807) is 0 Å². The van der Waals surface area contributed by atoms with Crippen molar-refractivity contribution in [1.29, 1.82) is 5.26 Å². The number of ketones is 1. The van der Waals surface area contributed by atoms with Gasteiger partial charge in [0.05, 0.1) is 6.07 Å². The average molecular weight is 165 g/mol. The zero-order valence-corrected chi connectivity index (χ0v) is 7.55. The van der Waals surface area contributed by atoms with Crippen LogP contribution >= 0.6 is 0 Å². The normalized spacial score (nSPS) is 29.3. The molecule has 0 amide bonds. The Labute approximate surface area is 73.6 Å². The first-order valence-corrected chi connectivity index (χ1v) is 4.70. The Hall–Kier alpha value is -0.840. The summed E-state index contributed by atoms with van der Waals surface area (Å²) in [6, 6.07) is 2.27. The quantitative estimate of drug-likeness (QED) is 0.630. The van der Waals surface area contributed by atoms with Gasteiger partial charge < -0.3 is 0 Å². The number of rotatable bonds is 2. The second kappa shape index (κ2) is 4.25. The van der Waals surface area contributed by atoms with Crippen molar-refractivity contribution in [2.45, 2.75) is 39.0 Å². The summed E-state index contributed by atoms with van der Waals surface area (Å²) in [6.45, 7) is 1.92. The van der Waals surface area contributed by atoms with Gasteiger partial charge >= 0.3 is 0 Å². The van der Waals surface area contributed by atoms with Crippen molar-refractivity contribution in [2.24, 2.45) is 11.8 Å². The largest absolute Gasteiger partial charge is 0.299 e. The molecule has 1 aliphatic carbocycles. The molecule has 66 valence electrons. The molecule has 0 heterocycles. The molecule has 0 spiro atoms. The first-order valence-electron chi connectivity index (χ1n) is 4.70. The van der Waals surface area contributed by atoms with Crippen LogP contribution in [0.2, 0.25) is 0 Å². The highest BCUT2D eigenvalue weighted by atomic mass is 16.1. The zero-order valence-electron chi connectivity index (χ0n) is 7.55. The van der Waals surface area contributed by atoms with Crippen LogP contribution in [0.5, 0.6) is 0 Å². The standard InChI is InChI=1S/C10H15NO/c1-2-10(12)9-5-3-8(7-11)4-6-9/h8-9H,2-6H2,1H3/t8-,9-. The Morgan fingerprint density at radius 3 is 2.42 bits per heavy atom. The molecule has 0 atom stereocenters. The molecule has 0 aliphatic heterocycles. The predicted molar refractivity (Wildman–Crippen MR) is 46.4 cm³/mol. The van der Waals surface area contributed by atoms with Crippen LogP contribution in [0.25, 0.3) is 0 Å². The lowest BCUT2D eigenvalue weighted by Gasteiger charge is -2.22. The number of nitriles is 1. The molecule has 0 bridgehead atoms. The minimum absolute atomic E-state index is 0.214. The summed E-state index contributed by atoms with van der Waals surface area (Å²) in [5.74, 6) is 0.858. The van der Waals surface area contributed by atoms with Crippen LogP contribution in [0.15, 0.2) is 0 Å². The van der Waals surface area contributed by atoms with Crippen LogP contribution in [-0.4, -0.2) is 5.78 Å². The van der Waals surface area contributed by atoms with E-state index in [1.807, 2.05) is 6.92 Å². The molecule has 2 nitrogen and oxygen atoms in total. The number of carbonyl (C=O) groups is 1. The van der Waals surface area contributed by atoms with Crippen molar-refractivity contribution in [3.63, 3.8) is 0 Å². The van der Waals surface area contributed by atoms with E-state index >= 15 is 0 Å². The van der Waals surface area contributed by atoms with Gasteiger partial charge in [-0.2, -0.15) is 5.26 Å². The lowest BCUT2D eigenvalue weighted by molar-refractivity contribution is -0.123. The van der Waals surface area contributed by atoms with Crippen molar-refractivity contribution >= 4 is 5.78 Å². The van der Waals surface area contributed by atoms with Gasteiger partial charge in [-0.15, -0.1) is 0 Å². The molecule has 0 radical (unpaired) electrons. The topological polar surface area (TPSA) is 40.9 Å². The molecule has 1 fully saturated rings. The molecule has 0 aromatic heterocycles. The number of carbonyl (C=O) groups excluding carboxylic acids is 1. The van der Waals surface area contributed by atoms with E-state index in [0.29, 0.717) is 12.2 Å². The van der Waals surface area contributed by atoms with Gasteiger partial charge in [-0.25, -0.2) is 0 Å². The van der Waals surface area contributed by atoms with E-state index in [1.165, 1.54) is 0 Å². The Morgan fingerprint density at radius 1 is 1.42 bits per heavy atom. The fraction of sp³-hybridized carbons (Fsp3) is 0.800. The fourth-order valence-corrected chi connectivity index (χ4v) is 1.83. The summed E-state index contributed by atoms with van der Waals surface area (Å²) in [6.07, 6.45) is 4.37. The van der Waals surface area contributed by atoms with Crippen molar-refractivity contribution in [3.05, 3.63) is 0 Å². The molecule has 0 unspecified atom stereocenters. The van der Waals surface area contributed by atoms with Crippen LogP contribution in [0.1, 0.15) is 39.0 Å². The molecular weight excluding hydrogens is 150 g/mol. The maximum absolute atomic E-state index is 11.3. The van der Waals surface area contributed by atoms with E-state index in [2.05, 4.69) is 6.07 Å². The van der Waals surface area contributed by atoms with Gasteiger partial charge in [-0.05, 0) is 25.7 Å². The summed E-state index contributed by atoms with van der Waals surface area (Å²) < 4.78 is 0. The SMILES string of the molecule is CCC(=O)[C@H]1CC[C@H](C#N)CC1. The van der Waals surface area contributed by atoms with E-state index < -0.39 is 0 Å². The minimum atomic E-state index is 0.214. The van der Waals surface area contributed by atoms with Crippen molar-refractivity contribution in [1.82, 2.24) is 0 Å². The van der Waals surface area contributed by atoms with Crippen LogP contribution < -0.4 is 0 Å². The minimum Gasteiger partial charge on any atom is -0.299 e. The molecule has 0 saturated heterocycles. The Morgan fingerprint density at radius 2 is 2.00 bits per heavy atom. The zero-order chi connectivity index (χ0) is 8.97. The summed E-state index contributed by atoms with van der Waals surface area (Å²) in [5.41, 5.74) is 0. The van der Waals surface area contributed by atoms with Gasteiger partial charge in [0.1, 0.15) is 5.78 Å². The molecule has 1 rings (SSSR count). The maximum atomic E-state index is 11.3. The van der Waals surface area contributed by atoms with Crippen LogP contribution in [0.3, 0.4) is 0 Å². The van der Waals surface area contributed by atoms with Gasteiger partial charge in [0, 0.05) is 18.3 Å². The monoisotopic (exact) mass is 165 g/mol. The summed E-state index contributed by atoms with van der Waals surface area (Å²) in [5, 5.41) is 8.64. The van der Waals surface area contributed by atoms with Crippen LogP contribution in [0.4, 0.5) is 0 Å². The molecule has 0 aromatic carbocycles. The van der Waals surface area contributed by atoms with Gasteiger partial charge in [-0.3, -0.25) is 4.79 Å². The lowest BCUT2D eigenvalue weighted by Crippen LogP contribution is -2.20. The van der Waals surface area contributed by atoms with Gasteiger partial charge in [0.2, 0.25) is 0 Å². The molecule has 1 aliphatic rings. The highest BCUT2D eigenvalue weighted by molar-refractivity contribution is 5.80. The van der Waals surface area contributed by atoms with Crippen molar-refractivity contribution in [3.8, 4) is 6.07 Å². The molecule has 12 heavy (non-hydrogen) atoms. The Balaban J connectivity index is 2.37. The second-order valence-corrected chi connectivity index (χ2v) is 3.50. The Kier molecular flexibility index (Phi) is 3.28. The third kappa shape index (κ3) is 2.07. The molecule has 0 N–H and O–H groups in total. The van der Waals surface area contributed by atoms with E-state index in [0.717, 1.165) is 25.7 Å². The van der Waals surface area contributed by atoms with Crippen LogP contribution in [0, 0.1) is 23.2 Å². The predicted octanol–water partition coefficient (Wildman–Crippen LogP) is 2.30. The number of Topliss-reactive ketones (excluding diaryl/α,β-unsaturated/α-hetero) is 1. The molecule has 1 saturated carbocycles. The molecular formula is C10H15NO. The number of hydrogen-bond donors (Lipinski definition) is 0. The first kappa shape index (κ1) is 9.25. The fourth-order valence-electron chi connectivity index (χ4n) is 1.83. The first-order chi connectivity index (χ1) is 5.77. The van der Waals surface area contributed by atoms with Gasteiger partial charge in [-0.1, -0.05) is 6.92 Å². The summed E-state index contributed by atoms with van der Waals surface area (Å²) >= 11 is 0. The highest BCUT2D eigenvalue weighted by Crippen LogP contribution is 2.29. The summed E-state index contributed by atoms with van der Waals surface area (Å²) in [7, 11) is 0. The third-order valence-corrected chi connectivity index (χ3v) is 2.71. The smallest absolute Gasteiger partial charge is 0.135 e. The van der Waals surface area contributed by atoms with E-state index in [-0.39, 0.29) is 11.8 Å². The van der Waals surface area contributed by atoms with E-state index in [4.69, 9.17) is 5.26 Å². The van der Waals surface area contributed by atoms with Crippen molar-refractivity contribution in [2.75, 3.05) is 0 Å². The summed E-state index contributed by atoms with van der Waals surface area (Å²) in [4.78, 5) is 11.3. The maximum Gasteiger partial charge on any atom is 0.135 e. The Bertz CT molecular complexity index is 196. The number of nitrogens with zero attached hydrogens (tertiary/aromatic N) is 1. The van der Waals surface area contributed by atoms with Crippen molar-refractivity contribution < 1.29 is 4.79 Å².